The van der Waals surface area contributed by atoms with Gasteiger partial charge in [-0.3, -0.25) is 9.59 Å². The smallest absolute Gasteiger partial charge is 0.291 e. The highest BCUT2D eigenvalue weighted by molar-refractivity contribution is 6.03. The van der Waals surface area contributed by atoms with Crippen LogP contribution in [0.2, 0.25) is 0 Å². The molecule has 1 heterocycles. The lowest BCUT2D eigenvalue weighted by atomic mass is 10.2. The summed E-state index contributed by atoms with van der Waals surface area (Å²) in [7, 11) is 0. The van der Waals surface area contributed by atoms with Gasteiger partial charge in [0.1, 0.15) is 17.4 Å². The summed E-state index contributed by atoms with van der Waals surface area (Å²) in [4.78, 5) is 23.4. The summed E-state index contributed by atoms with van der Waals surface area (Å²) in [6, 6.07) is 12.4. The van der Waals surface area contributed by atoms with E-state index in [9.17, 15) is 18.4 Å². The van der Waals surface area contributed by atoms with Gasteiger partial charge in [-0.15, -0.1) is 0 Å². The second kappa shape index (κ2) is 7.18. The minimum absolute atomic E-state index is 0.0337. The number of hydrogen-bond acceptors (Lipinski definition) is 3. The Balaban J connectivity index is 1.78. The molecule has 0 spiro atoms. The van der Waals surface area contributed by atoms with Crippen molar-refractivity contribution in [2.75, 3.05) is 10.6 Å². The molecule has 0 atom stereocenters. The van der Waals surface area contributed by atoms with Gasteiger partial charge in [0, 0.05) is 18.2 Å². The zero-order valence-electron chi connectivity index (χ0n) is 13.7. The summed E-state index contributed by atoms with van der Waals surface area (Å²) >= 11 is 0. The van der Waals surface area contributed by atoms with Crippen molar-refractivity contribution in [1.82, 2.24) is 0 Å². The average Bonchev–Trinajstić information content (AvgIpc) is 3.08. The fraction of sp³-hybridized carbons (Fsp3) is 0.0526. The second-order valence-corrected chi connectivity index (χ2v) is 5.50. The number of nitrogens with one attached hydrogen (secondary N) is 2. The number of carbonyl (C=O) groups is 2. The molecule has 0 fully saturated rings. The Labute approximate surface area is 147 Å². The molecule has 0 saturated heterocycles. The quantitative estimate of drug-likeness (QED) is 0.726. The topological polar surface area (TPSA) is 71.3 Å². The number of amides is 2. The van der Waals surface area contributed by atoms with E-state index < -0.39 is 11.7 Å². The molecule has 0 unspecified atom stereocenters. The normalized spacial score (nSPS) is 10.4. The molecular formula is C19H14F2N2O3. The van der Waals surface area contributed by atoms with Crippen molar-refractivity contribution in [1.29, 1.82) is 0 Å². The van der Waals surface area contributed by atoms with Crippen molar-refractivity contribution in [3.8, 4) is 11.3 Å². The number of carbonyl (C=O) groups excluding carboxylic acids is 2. The highest BCUT2D eigenvalue weighted by Crippen LogP contribution is 2.24. The average molecular weight is 356 g/mol. The molecule has 3 aromatic rings. The van der Waals surface area contributed by atoms with Gasteiger partial charge in [0.25, 0.3) is 5.91 Å². The first kappa shape index (κ1) is 17.3. The van der Waals surface area contributed by atoms with Crippen LogP contribution < -0.4 is 10.6 Å². The Hall–Kier alpha value is -3.48. The molecule has 0 bridgehead atoms. The molecule has 3 rings (SSSR count). The summed E-state index contributed by atoms with van der Waals surface area (Å²) in [5.41, 5.74) is 0.853. The van der Waals surface area contributed by atoms with E-state index in [2.05, 4.69) is 10.6 Å². The fourth-order valence-electron chi connectivity index (χ4n) is 2.32. The Morgan fingerprint density at radius 3 is 2.35 bits per heavy atom. The molecule has 0 aliphatic heterocycles. The van der Waals surface area contributed by atoms with Gasteiger partial charge in [0.2, 0.25) is 5.91 Å². The van der Waals surface area contributed by atoms with Gasteiger partial charge in [-0.25, -0.2) is 8.78 Å². The molecule has 132 valence electrons. The largest absolute Gasteiger partial charge is 0.451 e. The van der Waals surface area contributed by atoms with E-state index in [0.29, 0.717) is 17.0 Å². The Morgan fingerprint density at radius 2 is 1.65 bits per heavy atom. The van der Waals surface area contributed by atoms with E-state index in [1.807, 2.05) is 0 Å². The maximum Gasteiger partial charge on any atom is 0.291 e. The molecule has 5 nitrogen and oxygen atoms in total. The van der Waals surface area contributed by atoms with Gasteiger partial charge in [-0.05, 0) is 54.6 Å². The summed E-state index contributed by atoms with van der Waals surface area (Å²) in [5, 5.41) is 4.90. The maximum absolute atomic E-state index is 13.9. The van der Waals surface area contributed by atoms with Crippen molar-refractivity contribution in [2.24, 2.45) is 0 Å². The monoisotopic (exact) mass is 356 g/mol. The summed E-state index contributed by atoms with van der Waals surface area (Å²) in [6.45, 7) is 1.32. The number of rotatable bonds is 4. The van der Waals surface area contributed by atoms with Crippen LogP contribution in [-0.4, -0.2) is 11.8 Å². The van der Waals surface area contributed by atoms with Crippen molar-refractivity contribution in [3.63, 3.8) is 0 Å². The summed E-state index contributed by atoms with van der Waals surface area (Å²) < 4.78 is 32.3. The Kier molecular flexibility index (Phi) is 4.79. The highest BCUT2D eigenvalue weighted by atomic mass is 19.1. The molecule has 0 aliphatic carbocycles. The van der Waals surface area contributed by atoms with E-state index in [4.69, 9.17) is 4.42 Å². The van der Waals surface area contributed by atoms with Crippen LogP contribution in [0.5, 0.6) is 0 Å². The third-order valence-electron chi connectivity index (χ3n) is 3.49. The number of anilines is 2. The van der Waals surface area contributed by atoms with Crippen molar-refractivity contribution < 1.29 is 22.8 Å². The van der Waals surface area contributed by atoms with Gasteiger partial charge in [-0.1, -0.05) is 0 Å². The predicted molar refractivity (Wildman–Crippen MR) is 92.8 cm³/mol. The van der Waals surface area contributed by atoms with Gasteiger partial charge in [-0.2, -0.15) is 0 Å². The molecule has 2 amide bonds. The van der Waals surface area contributed by atoms with Crippen molar-refractivity contribution in [2.45, 2.75) is 6.92 Å². The lowest BCUT2D eigenvalue weighted by Gasteiger charge is -2.08. The summed E-state index contributed by atoms with van der Waals surface area (Å²) in [6.07, 6.45) is 0. The molecule has 1 aromatic heterocycles. The lowest BCUT2D eigenvalue weighted by molar-refractivity contribution is -0.114. The first-order valence-corrected chi connectivity index (χ1v) is 7.66. The third-order valence-corrected chi connectivity index (χ3v) is 3.49. The first-order valence-electron chi connectivity index (χ1n) is 7.66. The maximum atomic E-state index is 13.9. The zero-order valence-corrected chi connectivity index (χ0v) is 13.7. The first-order chi connectivity index (χ1) is 12.4. The van der Waals surface area contributed by atoms with Crippen LogP contribution in [0.25, 0.3) is 11.3 Å². The number of furan rings is 1. The van der Waals surface area contributed by atoms with Gasteiger partial charge in [0.15, 0.2) is 5.76 Å². The van der Waals surface area contributed by atoms with Crippen LogP contribution in [0.15, 0.2) is 59.0 Å². The van der Waals surface area contributed by atoms with Gasteiger partial charge in [0.05, 0.1) is 5.69 Å². The molecule has 2 N–H and O–H groups in total. The Morgan fingerprint density at radius 1 is 0.923 bits per heavy atom. The number of hydrogen-bond donors (Lipinski definition) is 2. The van der Waals surface area contributed by atoms with E-state index >= 15 is 0 Å². The molecular weight excluding hydrogens is 342 g/mol. The zero-order chi connectivity index (χ0) is 18.7. The van der Waals surface area contributed by atoms with Crippen LogP contribution in [-0.2, 0) is 4.79 Å². The molecule has 26 heavy (non-hydrogen) atoms. The van der Waals surface area contributed by atoms with Gasteiger partial charge >= 0.3 is 0 Å². The van der Waals surface area contributed by atoms with E-state index in [1.165, 1.54) is 49.4 Å². The van der Waals surface area contributed by atoms with Crippen LogP contribution in [0.3, 0.4) is 0 Å². The SMILES string of the molecule is CC(=O)Nc1ccc(F)c(NC(=O)c2ccc(-c3ccc(F)cc3)o2)c1. The second-order valence-electron chi connectivity index (χ2n) is 5.50. The lowest BCUT2D eigenvalue weighted by Crippen LogP contribution is -2.13. The van der Waals surface area contributed by atoms with E-state index in [0.717, 1.165) is 6.07 Å². The molecule has 0 saturated carbocycles. The molecule has 0 radical (unpaired) electrons. The van der Waals surface area contributed by atoms with Crippen LogP contribution in [0, 0.1) is 11.6 Å². The summed E-state index contributed by atoms with van der Waals surface area (Å²) in [5.74, 6) is -1.66. The van der Waals surface area contributed by atoms with E-state index in [1.54, 1.807) is 6.07 Å². The number of halogens is 2. The predicted octanol–water partition coefficient (Wildman–Crippen LogP) is 4.44. The third kappa shape index (κ3) is 3.94. The van der Waals surface area contributed by atoms with E-state index in [-0.39, 0.29) is 23.2 Å². The Bertz CT molecular complexity index is 965. The standard InChI is InChI=1S/C19H14F2N2O3/c1-11(24)22-14-6-7-15(21)16(10-14)23-19(25)18-9-8-17(26-18)12-2-4-13(20)5-3-12/h2-10H,1H3,(H,22,24)(H,23,25). The minimum Gasteiger partial charge on any atom is -0.451 e. The molecule has 0 aliphatic rings. The molecule has 2 aromatic carbocycles. The minimum atomic E-state index is -0.655. The molecule has 7 heteroatoms. The van der Waals surface area contributed by atoms with Crippen LogP contribution in [0.4, 0.5) is 20.2 Å². The fourth-order valence-corrected chi connectivity index (χ4v) is 2.32. The van der Waals surface area contributed by atoms with Crippen LogP contribution in [0.1, 0.15) is 17.5 Å². The van der Waals surface area contributed by atoms with Crippen LogP contribution >= 0.6 is 0 Å². The highest BCUT2D eigenvalue weighted by Gasteiger charge is 2.15. The van der Waals surface area contributed by atoms with Crippen molar-refractivity contribution >= 4 is 23.2 Å². The van der Waals surface area contributed by atoms with Crippen molar-refractivity contribution in [3.05, 3.63) is 72.0 Å². The van der Waals surface area contributed by atoms with Gasteiger partial charge < -0.3 is 15.1 Å². The number of benzene rings is 2.